The number of hydrogen-bond donors (Lipinski definition) is 2. The van der Waals surface area contributed by atoms with Gasteiger partial charge in [-0.25, -0.2) is 17.5 Å². The topological polar surface area (TPSA) is 162 Å². The van der Waals surface area contributed by atoms with E-state index in [1.165, 1.54) is 47.1 Å². The number of benzene rings is 2. The van der Waals surface area contributed by atoms with E-state index in [0.717, 1.165) is 6.04 Å². The summed E-state index contributed by atoms with van der Waals surface area (Å²) in [5, 5.41) is 22.7. The van der Waals surface area contributed by atoms with Gasteiger partial charge in [-0.3, -0.25) is 14.2 Å². The Labute approximate surface area is 308 Å². The lowest BCUT2D eigenvalue weighted by atomic mass is 10.1. The summed E-state index contributed by atoms with van der Waals surface area (Å²) in [6.45, 7) is 14.3. The quantitative estimate of drug-likeness (QED) is 0.0619. The average molecular weight is 776 g/mol. The third-order valence-corrected chi connectivity index (χ3v) is 10.2. The summed E-state index contributed by atoms with van der Waals surface area (Å²) in [4.78, 5) is 12.2. The van der Waals surface area contributed by atoms with Crippen LogP contribution in [0.5, 0.6) is 5.75 Å². The Balaban J connectivity index is 1.72. The van der Waals surface area contributed by atoms with E-state index in [4.69, 9.17) is 14.2 Å². The van der Waals surface area contributed by atoms with E-state index in [-0.39, 0.29) is 59.7 Å². The normalized spacial score (nSPS) is 12.7. The molecule has 0 saturated carbocycles. The van der Waals surface area contributed by atoms with Crippen LogP contribution in [0, 0.1) is 17.1 Å². The largest absolute Gasteiger partial charge is 0.484 e. The van der Waals surface area contributed by atoms with Crippen LogP contribution in [0.25, 0.3) is 11.3 Å². The van der Waals surface area contributed by atoms with Crippen LogP contribution in [0.2, 0.25) is 25.7 Å². The van der Waals surface area contributed by atoms with E-state index in [2.05, 4.69) is 41.2 Å². The number of rotatable bonds is 17. The minimum Gasteiger partial charge on any atom is -0.484 e. The molecule has 0 bridgehead atoms. The number of nitrogens with one attached hydrogen (secondary N) is 2. The fourth-order valence-corrected chi connectivity index (χ4v) is 6.15. The molecule has 4 rings (SSSR count). The third-order valence-electron chi connectivity index (χ3n) is 7.51. The Morgan fingerprint density at radius 2 is 1.77 bits per heavy atom. The summed E-state index contributed by atoms with van der Waals surface area (Å²) in [5.74, 6) is -4.15. The Hall–Kier alpha value is -4.86. The number of nitriles is 1. The molecule has 2 aromatic heterocycles. The van der Waals surface area contributed by atoms with Crippen molar-refractivity contribution in [1.82, 2.24) is 19.6 Å². The molecule has 0 fully saturated rings. The molecule has 0 saturated heterocycles. The molecule has 0 aliphatic carbocycles. The minimum absolute atomic E-state index is 0.0436. The van der Waals surface area contributed by atoms with Crippen LogP contribution in [0.1, 0.15) is 51.3 Å². The first kappa shape index (κ1) is 40.9. The van der Waals surface area contributed by atoms with Crippen LogP contribution in [-0.2, 0) is 37.6 Å². The van der Waals surface area contributed by atoms with Gasteiger partial charge in [0.05, 0.1) is 18.7 Å². The number of carbonyl (C=O) groups is 1. The zero-order valence-corrected chi connectivity index (χ0v) is 32.4. The van der Waals surface area contributed by atoms with Crippen molar-refractivity contribution in [3.05, 3.63) is 71.7 Å². The average Bonchev–Trinajstić information content (AvgIpc) is 3.65. The van der Waals surface area contributed by atoms with Gasteiger partial charge >= 0.3 is 11.7 Å². The number of hydrogen-bond acceptors (Lipinski definition) is 10. The van der Waals surface area contributed by atoms with Crippen molar-refractivity contribution >= 4 is 41.4 Å². The Bertz CT molecular complexity index is 2040. The van der Waals surface area contributed by atoms with Crippen molar-refractivity contribution in [3.63, 3.8) is 0 Å². The van der Waals surface area contributed by atoms with Crippen molar-refractivity contribution in [2.45, 2.75) is 90.5 Å². The molecule has 0 aliphatic heterocycles. The van der Waals surface area contributed by atoms with Gasteiger partial charge in [-0.1, -0.05) is 37.8 Å². The van der Waals surface area contributed by atoms with E-state index in [0.29, 0.717) is 18.0 Å². The fourth-order valence-electron chi connectivity index (χ4n) is 4.83. The predicted molar refractivity (Wildman–Crippen MR) is 196 cm³/mol. The van der Waals surface area contributed by atoms with Gasteiger partial charge in [0.2, 0.25) is 0 Å². The van der Waals surface area contributed by atoms with Crippen LogP contribution in [0.3, 0.4) is 0 Å². The molecule has 0 amide bonds. The molecule has 1 atom stereocenters. The van der Waals surface area contributed by atoms with Crippen LogP contribution in [-0.4, -0.2) is 60.0 Å². The zero-order chi connectivity index (χ0) is 39.1. The lowest BCUT2D eigenvalue weighted by molar-refractivity contribution is -0.155. The van der Waals surface area contributed by atoms with Gasteiger partial charge in [0.25, 0.3) is 10.0 Å². The molecule has 0 unspecified atom stereocenters. The summed E-state index contributed by atoms with van der Waals surface area (Å²) in [7, 11) is -6.52. The van der Waals surface area contributed by atoms with E-state index >= 15 is 0 Å². The number of nitrogens with zero attached hydrogens (tertiary/aromatic N) is 5. The maximum absolute atomic E-state index is 13.6. The van der Waals surface area contributed by atoms with E-state index < -0.39 is 41.4 Å². The Morgan fingerprint density at radius 1 is 1.08 bits per heavy atom. The second-order valence-electron chi connectivity index (χ2n) is 14.4. The molecule has 2 heterocycles. The fraction of sp³-hybridized carbons (Fsp3) is 0.429. The lowest BCUT2D eigenvalue weighted by Gasteiger charge is -2.19. The molecule has 13 nitrogen and oxygen atoms in total. The standard InChI is InChI=1S/C35H44F3N7O6SSi/c1-23(24-8-11-26(36)12-9-24)50-29-20-25(10-13-28(29)43-52(47,48)34(37)38)32-27(21-39)33(45(42-32)22-49-18-19-53(5,6)7)40-30-14-16-44(41-30)17-15-31(46)51-35(2,3)4/h8-14,16,20,23,34,43H,15,17-19,22H2,1-7H3,(H,40,41)/t23-/m0/s1. The number of ether oxygens (including phenoxy) is 3. The van der Waals surface area contributed by atoms with E-state index in [1.54, 1.807) is 44.6 Å². The van der Waals surface area contributed by atoms with Gasteiger partial charge < -0.3 is 19.5 Å². The molecule has 2 N–H and O–H groups in total. The van der Waals surface area contributed by atoms with Crippen molar-refractivity contribution in [1.29, 1.82) is 5.26 Å². The number of anilines is 3. The first-order valence-electron chi connectivity index (χ1n) is 16.7. The van der Waals surface area contributed by atoms with Crippen LogP contribution in [0.4, 0.5) is 30.5 Å². The maximum Gasteiger partial charge on any atom is 0.355 e. The molecule has 0 radical (unpaired) electrons. The number of aryl methyl sites for hydroxylation is 1. The van der Waals surface area contributed by atoms with Gasteiger partial charge in [0.15, 0.2) is 11.6 Å². The van der Waals surface area contributed by atoms with Crippen LogP contribution < -0.4 is 14.8 Å². The van der Waals surface area contributed by atoms with E-state index in [1.807, 2.05) is 4.72 Å². The maximum atomic E-state index is 13.6. The van der Waals surface area contributed by atoms with Gasteiger partial charge in [-0.2, -0.15) is 24.2 Å². The SMILES string of the molecule is C[C@H](Oc1cc(-c2nn(COCC[Si](C)(C)C)c(Nc3ccn(CCC(=O)OC(C)(C)C)n3)c2C#N)ccc1NS(=O)(=O)C(F)F)c1ccc(F)cc1. The third kappa shape index (κ3) is 11.8. The first-order chi connectivity index (χ1) is 24.7. The molecular formula is C35H44F3N7O6SSi. The molecular weight excluding hydrogens is 732 g/mol. The highest BCUT2D eigenvalue weighted by molar-refractivity contribution is 7.93. The highest BCUT2D eigenvalue weighted by atomic mass is 32.2. The van der Waals surface area contributed by atoms with Crippen LogP contribution >= 0.6 is 0 Å². The van der Waals surface area contributed by atoms with Gasteiger partial charge in [-0.15, -0.1) is 0 Å². The summed E-state index contributed by atoms with van der Waals surface area (Å²) in [6, 6.07) is 14.1. The second kappa shape index (κ2) is 16.9. The van der Waals surface area contributed by atoms with Crippen LogP contribution in [0.15, 0.2) is 54.7 Å². The van der Waals surface area contributed by atoms with E-state index in [9.17, 15) is 31.6 Å². The van der Waals surface area contributed by atoms with Crippen molar-refractivity contribution < 1.29 is 40.6 Å². The minimum atomic E-state index is -5.09. The van der Waals surface area contributed by atoms with Gasteiger partial charge in [-0.05, 0) is 63.6 Å². The number of aromatic nitrogens is 4. The predicted octanol–water partition coefficient (Wildman–Crippen LogP) is 7.65. The Morgan fingerprint density at radius 3 is 2.40 bits per heavy atom. The van der Waals surface area contributed by atoms with Crippen molar-refractivity contribution in [2.24, 2.45) is 0 Å². The van der Waals surface area contributed by atoms with Crippen molar-refractivity contribution in [3.8, 4) is 23.1 Å². The molecule has 2 aromatic carbocycles. The number of esters is 1. The molecule has 4 aromatic rings. The summed E-state index contributed by atoms with van der Waals surface area (Å²) < 4.78 is 87.0. The highest BCUT2D eigenvalue weighted by Crippen LogP contribution is 2.38. The second-order valence-corrected chi connectivity index (χ2v) is 21.7. The number of sulfonamides is 1. The summed E-state index contributed by atoms with van der Waals surface area (Å²) in [6.07, 6.45) is 0.967. The number of carbonyl (C=O) groups excluding carboxylic acids is 1. The molecule has 53 heavy (non-hydrogen) atoms. The smallest absolute Gasteiger partial charge is 0.355 e. The van der Waals surface area contributed by atoms with Crippen molar-refractivity contribution in [2.75, 3.05) is 16.6 Å². The molecule has 18 heteroatoms. The summed E-state index contributed by atoms with van der Waals surface area (Å²) >= 11 is 0. The number of alkyl halides is 2. The van der Waals surface area contributed by atoms with Gasteiger partial charge in [0, 0.05) is 32.5 Å². The monoisotopic (exact) mass is 775 g/mol. The molecule has 286 valence electrons. The first-order valence-corrected chi connectivity index (χ1v) is 22.0. The number of halogens is 3. The molecule has 0 aliphatic rings. The highest BCUT2D eigenvalue weighted by Gasteiger charge is 2.27. The molecule has 0 spiro atoms. The zero-order valence-electron chi connectivity index (χ0n) is 30.6. The summed E-state index contributed by atoms with van der Waals surface area (Å²) in [5.41, 5.74) is 0.119. The van der Waals surface area contributed by atoms with Gasteiger partial charge in [0.1, 0.15) is 47.3 Å². The Kier molecular flexibility index (Phi) is 13.0. The lowest BCUT2D eigenvalue weighted by Crippen LogP contribution is -2.24.